The first-order valence-corrected chi connectivity index (χ1v) is 9.68. The molecule has 3 rings (SSSR count). The summed E-state index contributed by atoms with van der Waals surface area (Å²) in [6, 6.07) is 30.3. The van der Waals surface area contributed by atoms with E-state index < -0.39 is 0 Å². The Bertz CT molecular complexity index is 850. The highest BCUT2D eigenvalue weighted by Gasteiger charge is 2.10. The van der Waals surface area contributed by atoms with Gasteiger partial charge in [-0.1, -0.05) is 78.5 Å². The summed E-state index contributed by atoms with van der Waals surface area (Å²) in [5.74, 6) is 0.844. The average Bonchev–Trinajstić information content (AvgIpc) is 2.68. The van der Waals surface area contributed by atoms with Gasteiger partial charge in [0.2, 0.25) is 0 Å². The van der Waals surface area contributed by atoms with Gasteiger partial charge in [0.05, 0.1) is 11.4 Å². The molecule has 5 heteroatoms. The maximum Gasteiger partial charge on any atom is 0.293 e. The van der Waals surface area contributed by atoms with E-state index in [1.807, 2.05) is 66.7 Å². The minimum absolute atomic E-state index is 0.551. The molecular formula is C21H20N3S2+. The van der Waals surface area contributed by atoms with Gasteiger partial charge < -0.3 is 0 Å². The second-order valence-electron chi connectivity index (χ2n) is 5.54. The van der Waals surface area contributed by atoms with Crippen molar-refractivity contribution >= 4 is 45.6 Å². The molecule has 0 saturated carbocycles. The predicted molar refractivity (Wildman–Crippen MR) is 116 cm³/mol. The Balaban J connectivity index is 1.71. The number of amidine groups is 1. The zero-order valence-corrected chi connectivity index (χ0v) is 15.8. The molecule has 0 spiro atoms. The Morgan fingerprint density at radius 2 is 1.23 bits per heavy atom. The average molecular weight is 379 g/mol. The number of para-hydroxylation sites is 2. The first-order chi connectivity index (χ1) is 12.8. The van der Waals surface area contributed by atoms with Crippen LogP contribution in [0.25, 0.3) is 0 Å². The highest BCUT2D eigenvalue weighted by molar-refractivity contribution is 8.13. The normalized spacial score (nSPS) is 11.0. The van der Waals surface area contributed by atoms with Gasteiger partial charge >= 0.3 is 0 Å². The number of anilines is 2. The smallest absolute Gasteiger partial charge is 0.268 e. The highest BCUT2D eigenvalue weighted by Crippen LogP contribution is 2.14. The number of rotatable bonds is 4. The Kier molecular flexibility index (Phi) is 6.81. The number of nitrogens with one attached hydrogen (secondary N) is 3. The lowest BCUT2D eigenvalue weighted by Crippen LogP contribution is -2.79. The zero-order valence-electron chi connectivity index (χ0n) is 14.2. The number of thioether (sulfide) groups is 1. The SMILES string of the molecule is S=C(Nc1ccccc1)[NH+]=C(Nc1ccccc1)SCc1ccccc1. The van der Waals surface area contributed by atoms with Gasteiger partial charge in [0.1, 0.15) is 0 Å². The number of hydrogen-bond donors (Lipinski definition) is 3. The molecular weight excluding hydrogens is 358 g/mol. The van der Waals surface area contributed by atoms with Crippen LogP contribution in [-0.2, 0) is 5.75 Å². The molecule has 0 aromatic heterocycles. The van der Waals surface area contributed by atoms with Gasteiger partial charge in [0, 0.05) is 5.75 Å². The Morgan fingerprint density at radius 1 is 0.731 bits per heavy atom. The molecule has 3 N–H and O–H groups in total. The van der Waals surface area contributed by atoms with E-state index in [0.717, 1.165) is 22.3 Å². The second-order valence-corrected chi connectivity index (χ2v) is 6.93. The van der Waals surface area contributed by atoms with E-state index in [-0.39, 0.29) is 0 Å². The van der Waals surface area contributed by atoms with Crippen molar-refractivity contribution in [3.05, 3.63) is 96.6 Å². The summed E-state index contributed by atoms with van der Waals surface area (Å²) in [4.78, 5) is 3.27. The maximum absolute atomic E-state index is 5.46. The fourth-order valence-corrected chi connectivity index (χ4v) is 3.42. The van der Waals surface area contributed by atoms with Crippen molar-refractivity contribution in [2.45, 2.75) is 5.75 Å². The number of thiocarbonyl (C=S) groups is 1. The van der Waals surface area contributed by atoms with Crippen molar-refractivity contribution in [2.75, 3.05) is 10.6 Å². The summed E-state index contributed by atoms with van der Waals surface area (Å²) in [5, 5.41) is 8.04. The quantitative estimate of drug-likeness (QED) is 0.366. The van der Waals surface area contributed by atoms with E-state index in [1.165, 1.54) is 5.56 Å². The van der Waals surface area contributed by atoms with Gasteiger partial charge in [-0.3, -0.25) is 10.6 Å². The molecule has 3 aromatic carbocycles. The monoisotopic (exact) mass is 378 g/mol. The topological polar surface area (TPSA) is 38.0 Å². The standard InChI is InChI=1S/C21H19N3S2/c25-20(22-18-12-6-2-7-13-18)24-21(23-19-14-8-3-9-15-19)26-16-17-10-4-1-5-11-17/h1-15H,16H2,(H2,22,23,24,25)/p+1. The highest BCUT2D eigenvalue weighted by atomic mass is 32.2. The molecule has 0 amide bonds. The molecule has 26 heavy (non-hydrogen) atoms. The summed E-state index contributed by atoms with van der Waals surface area (Å²) < 4.78 is 0. The van der Waals surface area contributed by atoms with Crippen molar-refractivity contribution in [1.29, 1.82) is 0 Å². The Morgan fingerprint density at radius 3 is 1.81 bits per heavy atom. The van der Waals surface area contributed by atoms with Gasteiger partial charge in [-0.05, 0) is 42.0 Å². The molecule has 3 aromatic rings. The van der Waals surface area contributed by atoms with Crippen LogP contribution in [-0.4, -0.2) is 10.3 Å². The molecule has 0 aliphatic carbocycles. The van der Waals surface area contributed by atoms with Crippen molar-refractivity contribution in [2.24, 2.45) is 0 Å². The summed E-state index contributed by atoms with van der Waals surface area (Å²) in [7, 11) is 0. The lowest BCUT2D eigenvalue weighted by atomic mass is 10.2. The van der Waals surface area contributed by atoms with Crippen LogP contribution in [0.15, 0.2) is 91.0 Å². The van der Waals surface area contributed by atoms with E-state index in [4.69, 9.17) is 12.2 Å². The van der Waals surface area contributed by atoms with Crippen molar-refractivity contribution in [3.63, 3.8) is 0 Å². The minimum atomic E-state index is 0.551. The van der Waals surface area contributed by atoms with E-state index in [0.29, 0.717) is 5.11 Å². The molecule has 0 heterocycles. The zero-order chi connectivity index (χ0) is 18.0. The van der Waals surface area contributed by atoms with Gasteiger partial charge in [-0.2, -0.15) is 0 Å². The summed E-state index contributed by atoms with van der Waals surface area (Å²) in [6.07, 6.45) is 0. The molecule has 0 bridgehead atoms. The molecule has 130 valence electrons. The second kappa shape index (κ2) is 9.75. The molecule has 0 unspecified atom stereocenters. The lowest BCUT2D eigenvalue weighted by Gasteiger charge is -2.06. The Hall–Kier alpha value is -2.63. The van der Waals surface area contributed by atoms with E-state index in [2.05, 4.69) is 39.9 Å². The van der Waals surface area contributed by atoms with Crippen LogP contribution in [0.5, 0.6) is 0 Å². The maximum atomic E-state index is 5.46. The lowest BCUT2D eigenvalue weighted by molar-refractivity contribution is -0.306. The van der Waals surface area contributed by atoms with Crippen molar-refractivity contribution < 1.29 is 4.99 Å². The minimum Gasteiger partial charge on any atom is -0.268 e. The first-order valence-electron chi connectivity index (χ1n) is 8.28. The molecule has 0 aliphatic rings. The van der Waals surface area contributed by atoms with Crippen LogP contribution in [0.3, 0.4) is 0 Å². The third kappa shape index (κ3) is 6.02. The van der Waals surface area contributed by atoms with Crippen LogP contribution >= 0.6 is 24.0 Å². The largest absolute Gasteiger partial charge is 0.293 e. The van der Waals surface area contributed by atoms with Gasteiger partial charge in [-0.15, -0.1) is 0 Å². The van der Waals surface area contributed by atoms with Crippen LogP contribution in [0, 0.1) is 0 Å². The summed E-state index contributed by atoms with van der Waals surface area (Å²) in [6.45, 7) is 0. The van der Waals surface area contributed by atoms with Crippen LogP contribution in [0.2, 0.25) is 0 Å². The van der Waals surface area contributed by atoms with Crippen molar-refractivity contribution in [1.82, 2.24) is 0 Å². The van der Waals surface area contributed by atoms with Gasteiger partial charge in [-0.25, -0.2) is 4.99 Å². The van der Waals surface area contributed by atoms with E-state index >= 15 is 0 Å². The molecule has 0 aliphatic heterocycles. The Labute approximate surface area is 163 Å². The van der Waals surface area contributed by atoms with Gasteiger partial charge in [0.25, 0.3) is 10.3 Å². The van der Waals surface area contributed by atoms with Crippen molar-refractivity contribution in [3.8, 4) is 0 Å². The van der Waals surface area contributed by atoms with Crippen LogP contribution in [0.4, 0.5) is 11.4 Å². The fourth-order valence-electron chi connectivity index (χ4n) is 2.27. The molecule has 0 radical (unpaired) electrons. The third-order valence-electron chi connectivity index (χ3n) is 3.52. The molecule has 0 saturated heterocycles. The van der Waals surface area contributed by atoms with E-state index in [9.17, 15) is 0 Å². The first kappa shape index (κ1) is 18.2. The van der Waals surface area contributed by atoms with E-state index in [1.54, 1.807) is 11.8 Å². The summed E-state index contributed by atoms with van der Waals surface area (Å²) in [5.41, 5.74) is 3.23. The predicted octanol–water partition coefficient (Wildman–Crippen LogP) is 3.87. The number of hydrogen-bond acceptors (Lipinski definition) is 2. The van der Waals surface area contributed by atoms with Gasteiger partial charge in [0.15, 0.2) is 0 Å². The van der Waals surface area contributed by atoms with Crippen LogP contribution < -0.4 is 15.6 Å². The third-order valence-corrected chi connectivity index (χ3v) is 4.69. The fraction of sp³-hybridized carbons (Fsp3) is 0.0476. The van der Waals surface area contributed by atoms with Crippen LogP contribution in [0.1, 0.15) is 5.56 Å². The molecule has 0 atom stereocenters. The molecule has 0 fully saturated rings. The molecule has 3 nitrogen and oxygen atoms in total. The summed E-state index contributed by atoms with van der Waals surface area (Å²) >= 11 is 7.14. The number of benzene rings is 3.